The Morgan fingerprint density at radius 1 is 0.953 bits per heavy atom. The summed E-state index contributed by atoms with van der Waals surface area (Å²) in [5.41, 5.74) is 4.51. The molecule has 0 spiro atoms. The highest BCUT2D eigenvalue weighted by molar-refractivity contribution is 9.12. The molecule has 3 aliphatic carbocycles. The van der Waals surface area contributed by atoms with Crippen molar-refractivity contribution in [2.75, 3.05) is 13.1 Å². The topological polar surface area (TPSA) is 95.0 Å². The van der Waals surface area contributed by atoms with Crippen LogP contribution in [0.15, 0.2) is 81.9 Å². The molecule has 2 fully saturated rings. The van der Waals surface area contributed by atoms with Crippen LogP contribution in [-0.2, 0) is 25.7 Å². The average molecular weight is 642 g/mol. The molecule has 1 N–H and O–H groups in total. The van der Waals surface area contributed by atoms with Gasteiger partial charge in [0.2, 0.25) is 11.8 Å². The Bertz CT molecular complexity index is 1650. The van der Waals surface area contributed by atoms with E-state index in [1.807, 2.05) is 30.3 Å². The SMILES string of the molecule is Cc1cc(C2C3=CCC4C(=O)N(C5CCN(Cc6ccccc6)CC5)C(=O)C4C3CC3=C2C(=O)C=C(Br)C3=O)ccc1O. The van der Waals surface area contributed by atoms with Crippen molar-refractivity contribution in [3.8, 4) is 5.75 Å². The molecule has 2 heterocycles. The van der Waals surface area contributed by atoms with E-state index >= 15 is 0 Å². The Hall–Kier alpha value is -3.62. The maximum absolute atomic E-state index is 14.2. The predicted molar refractivity (Wildman–Crippen MR) is 164 cm³/mol. The Labute approximate surface area is 259 Å². The summed E-state index contributed by atoms with van der Waals surface area (Å²) in [6, 6.07) is 15.4. The highest BCUT2D eigenvalue weighted by Crippen LogP contribution is 2.55. The number of rotatable bonds is 4. The number of nitrogens with zero attached hydrogens (tertiary/aromatic N) is 2. The number of carbonyl (C=O) groups is 4. The normalized spacial score (nSPS) is 28.0. The number of ketones is 2. The number of Topliss-reactive ketones (excluding diaryl/α,β-unsaturated/α-hetero) is 1. The standard InChI is InChI=1S/C35H33BrN2O5/c1-19-15-21(7-10-28(19)39)30-23-8-9-24-31(25(23)16-26-32(30)29(40)17-27(36)33(26)41)35(43)38(34(24)42)22-11-13-37(14-12-22)18-20-5-3-2-4-6-20/h2-8,10,15,17,22,24-25,30-31,39H,9,11-14,16,18H2,1H3. The van der Waals surface area contributed by atoms with E-state index in [1.165, 1.54) is 11.6 Å². The minimum atomic E-state index is -0.558. The minimum Gasteiger partial charge on any atom is -0.508 e. The Balaban J connectivity index is 1.19. The molecule has 0 radical (unpaired) electrons. The number of aromatic hydroxyl groups is 1. The number of benzene rings is 2. The molecular formula is C35H33BrN2O5. The number of likely N-dealkylation sites (tertiary alicyclic amines) is 2. The first-order chi connectivity index (χ1) is 20.7. The summed E-state index contributed by atoms with van der Waals surface area (Å²) < 4.78 is 0.217. The number of hydrogen-bond donors (Lipinski definition) is 1. The molecule has 5 aliphatic rings. The third kappa shape index (κ3) is 4.66. The van der Waals surface area contributed by atoms with Crippen molar-refractivity contribution < 1.29 is 24.3 Å². The van der Waals surface area contributed by atoms with E-state index in [0.29, 0.717) is 23.1 Å². The number of hydrogen-bond acceptors (Lipinski definition) is 6. The van der Waals surface area contributed by atoms with Crippen LogP contribution in [-0.4, -0.2) is 57.4 Å². The molecule has 4 unspecified atom stereocenters. The van der Waals surface area contributed by atoms with Gasteiger partial charge < -0.3 is 5.11 Å². The highest BCUT2D eigenvalue weighted by Gasteiger charge is 2.57. The summed E-state index contributed by atoms with van der Waals surface area (Å²) in [5, 5.41) is 10.2. The van der Waals surface area contributed by atoms with E-state index in [1.54, 1.807) is 24.0 Å². The largest absolute Gasteiger partial charge is 0.508 e. The predicted octanol–water partition coefficient (Wildman–Crippen LogP) is 5.13. The molecule has 2 amide bonds. The van der Waals surface area contributed by atoms with Gasteiger partial charge in [0.1, 0.15) is 5.75 Å². The Morgan fingerprint density at radius 3 is 2.42 bits per heavy atom. The van der Waals surface area contributed by atoms with Crippen LogP contribution in [0.25, 0.3) is 0 Å². The first-order valence-corrected chi connectivity index (χ1v) is 15.8. The van der Waals surface area contributed by atoms with Crippen molar-refractivity contribution in [1.82, 2.24) is 9.80 Å². The van der Waals surface area contributed by atoms with E-state index in [2.05, 4.69) is 33.0 Å². The number of piperidine rings is 1. The lowest BCUT2D eigenvalue weighted by Gasteiger charge is -2.42. The molecule has 0 saturated carbocycles. The zero-order valence-electron chi connectivity index (χ0n) is 24.0. The molecule has 2 saturated heterocycles. The first-order valence-electron chi connectivity index (χ1n) is 15.0. The fourth-order valence-electron chi connectivity index (χ4n) is 8.01. The van der Waals surface area contributed by atoms with Gasteiger partial charge in [-0.15, -0.1) is 0 Å². The molecule has 4 atom stereocenters. The van der Waals surface area contributed by atoms with Crippen molar-refractivity contribution in [2.24, 2.45) is 17.8 Å². The quantitative estimate of drug-likeness (QED) is 0.283. The minimum absolute atomic E-state index is 0.101. The van der Waals surface area contributed by atoms with Gasteiger partial charge in [-0.05, 0) is 77.2 Å². The van der Waals surface area contributed by atoms with Gasteiger partial charge in [-0.3, -0.25) is 29.0 Å². The monoisotopic (exact) mass is 640 g/mol. The number of allylic oxidation sites excluding steroid dienone is 6. The number of phenolic OH excluding ortho intramolecular Hbond substituents is 1. The number of aryl methyl sites for hydroxylation is 1. The van der Waals surface area contributed by atoms with Crippen molar-refractivity contribution in [3.05, 3.63) is 98.6 Å². The summed E-state index contributed by atoms with van der Waals surface area (Å²) in [7, 11) is 0. The zero-order valence-corrected chi connectivity index (χ0v) is 25.5. The molecular weight excluding hydrogens is 608 g/mol. The Morgan fingerprint density at radius 2 is 1.70 bits per heavy atom. The fourth-order valence-corrected chi connectivity index (χ4v) is 8.45. The van der Waals surface area contributed by atoms with Gasteiger partial charge in [0.15, 0.2) is 11.6 Å². The molecule has 2 aliphatic heterocycles. The Kier molecular flexibility index (Phi) is 7.09. The molecule has 0 aromatic heterocycles. The van der Waals surface area contributed by atoms with Gasteiger partial charge in [-0.25, -0.2) is 0 Å². The lowest BCUT2D eigenvalue weighted by atomic mass is 9.59. The van der Waals surface area contributed by atoms with Gasteiger partial charge in [-0.1, -0.05) is 54.1 Å². The molecule has 7 rings (SSSR count). The smallest absolute Gasteiger partial charge is 0.233 e. The maximum atomic E-state index is 14.2. The van der Waals surface area contributed by atoms with Gasteiger partial charge in [0, 0.05) is 48.8 Å². The molecule has 2 aromatic carbocycles. The third-order valence-corrected chi connectivity index (χ3v) is 10.7. The molecule has 7 nitrogen and oxygen atoms in total. The van der Waals surface area contributed by atoms with Crippen LogP contribution in [0.3, 0.4) is 0 Å². The van der Waals surface area contributed by atoms with E-state index in [0.717, 1.165) is 43.6 Å². The van der Waals surface area contributed by atoms with Crippen LogP contribution < -0.4 is 0 Å². The van der Waals surface area contributed by atoms with Crippen molar-refractivity contribution in [2.45, 2.75) is 51.1 Å². The second-order valence-electron chi connectivity index (χ2n) is 12.5. The van der Waals surface area contributed by atoms with Crippen LogP contribution in [0.1, 0.15) is 48.3 Å². The molecule has 8 heteroatoms. The van der Waals surface area contributed by atoms with Crippen molar-refractivity contribution in [1.29, 1.82) is 0 Å². The maximum Gasteiger partial charge on any atom is 0.233 e. The van der Waals surface area contributed by atoms with Crippen LogP contribution in [0.4, 0.5) is 0 Å². The summed E-state index contributed by atoms with van der Waals surface area (Å²) in [6.45, 7) is 4.28. The van der Waals surface area contributed by atoms with E-state index in [4.69, 9.17) is 0 Å². The van der Waals surface area contributed by atoms with Crippen LogP contribution in [0, 0.1) is 24.7 Å². The van der Waals surface area contributed by atoms with Crippen molar-refractivity contribution in [3.63, 3.8) is 0 Å². The number of imide groups is 1. The molecule has 2 aromatic rings. The van der Waals surface area contributed by atoms with E-state index < -0.39 is 17.8 Å². The third-order valence-electron chi connectivity index (χ3n) is 10.1. The second kappa shape index (κ2) is 10.8. The lowest BCUT2D eigenvalue weighted by molar-refractivity contribution is -0.144. The van der Waals surface area contributed by atoms with Crippen LogP contribution in [0.2, 0.25) is 0 Å². The van der Waals surface area contributed by atoms with Gasteiger partial charge in [0.25, 0.3) is 0 Å². The van der Waals surface area contributed by atoms with E-state index in [9.17, 15) is 24.3 Å². The summed E-state index contributed by atoms with van der Waals surface area (Å²) in [5.74, 6) is -2.44. The number of carbonyl (C=O) groups excluding carboxylic acids is 4. The summed E-state index contributed by atoms with van der Waals surface area (Å²) >= 11 is 3.28. The lowest BCUT2D eigenvalue weighted by Crippen LogP contribution is -2.47. The zero-order chi connectivity index (χ0) is 30.0. The number of phenols is 1. The van der Waals surface area contributed by atoms with Gasteiger partial charge >= 0.3 is 0 Å². The summed E-state index contributed by atoms with van der Waals surface area (Å²) in [6.07, 6.45) is 5.55. The van der Waals surface area contributed by atoms with Crippen LogP contribution in [0.5, 0.6) is 5.75 Å². The average Bonchev–Trinajstić information content (AvgIpc) is 3.26. The number of halogens is 1. The molecule has 220 valence electrons. The molecule has 0 bridgehead atoms. The van der Waals surface area contributed by atoms with Gasteiger partial charge in [0.05, 0.1) is 16.3 Å². The number of fused-ring (bicyclic) bond motifs is 3. The summed E-state index contributed by atoms with van der Waals surface area (Å²) in [4.78, 5) is 58.9. The van der Waals surface area contributed by atoms with Crippen LogP contribution >= 0.6 is 15.9 Å². The fraction of sp³-hybridized carbons (Fsp3) is 0.371. The number of amides is 2. The first kappa shape index (κ1) is 28.2. The highest BCUT2D eigenvalue weighted by atomic mass is 79.9. The molecule has 43 heavy (non-hydrogen) atoms. The van der Waals surface area contributed by atoms with E-state index in [-0.39, 0.29) is 52.0 Å². The van der Waals surface area contributed by atoms with Gasteiger partial charge in [-0.2, -0.15) is 0 Å². The second-order valence-corrected chi connectivity index (χ2v) is 13.3. The van der Waals surface area contributed by atoms with Crippen molar-refractivity contribution >= 4 is 39.3 Å².